The van der Waals surface area contributed by atoms with Crippen LogP contribution in [-0.2, 0) is 17.5 Å². The molecular formula is C8H11NO2S. The fourth-order valence-electron chi connectivity index (χ4n) is 1.03. The summed E-state index contributed by atoms with van der Waals surface area (Å²) in [5.74, 6) is 0.315. The van der Waals surface area contributed by atoms with Crippen molar-refractivity contribution in [3.63, 3.8) is 0 Å². The number of hydrogen-bond donors (Lipinski definition) is 1. The third-order valence-electron chi connectivity index (χ3n) is 1.64. The summed E-state index contributed by atoms with van der Waals surface area (Å²) in [6, 6.07) is 1.78. The monoisotopic (exact) mass is 185 g/mol. The van der Waals surface area contributed by atoms with Crippen LogP contribution in [0.3, 0.4) is 0 Å². The van der Waals surface area contributed by atoms with Crippen molar-refractivity contribution in [2.24, 2.45) is 7.05 Å². The summed E-state index contributed by atoms with van der Waals surface area (Å²) >= 11 is 4.10. The van der Waals surface area contributed by atoms with E-state index in [1.807, 2.05) is 6.20 Å². The molecule has 0 atom stereocenters. The molecule has 0 amide bonds. The van der Waals surface area contributed by atoms with Gasteiger partial charge in [0, 0.05) is 19.0 Å². The van der Waals surface area contributed by atoms with E-state index in [1.54, 1.807) is 17.7 Å². The highest BCUT2D eigenvalue weighted by atomic mass is 32.1. The standard InChI is InChI=1S/C8H11NO2S/c1-9-4-6(5-12)3-7(9)8(10)11-2/h3-4,12H,5H2,1-2H3. The van der Waals surface area contributed by atoms with Crippen molar-refractivity contribution in [3.05, 3.63) is 23.5 Å². The molecule has 1 rings (SSSR count). The highest BCUT2D eigenvalue weighted by molar-refractivity contribution is 7.79. The second-order valence-corrected chi connectivity index (χ2v) is 2.81. The lowest BCUT2D eigenvalue weighted by Crippen LogP contribution is -2.06. The van der Waals surface area contributed by atoms with Crippen LogP contribution in [0.2, 0.25) is 0 Å². The summed E-state index contributed by atoms with van der Waals surface area (Å²) in [7, 11) is 3.18. The van der Waals surface area contributed by atoms with Gasteiger partial charge < -0.3 is 9.30 Å². The molecule has 0 radical (unpaired) electrons. The van der Waals surface area contributed by atoms with E-state index in [9.17, 15) is 4.79 Å². The predicted octanol–water partition coefficient (Wildman–Crippen LogP) is 1.24. The molecule has 66 valence electrons. The molecule has 0 aliphatic rings. The number of carbonyl (C=O) groups is 1. The Hall–Kier alpha value is -0.900. The number of aryl methyl sites for hydroxylation is 1. The molecule has 0 bridgehead atoms. The Labute approximate surface area is 76.7 Å². The number of rotatable bonds is 2. The van der Waals surface area contributed by atoms with Crippen LogP contribution >= 0.6 is 12.6 Å². The minimum atomic E-state index is -0.314. The molecule has 3 nitrogen and oxygen atoms in total. The molecule has 0 saturated carbocycles. The lowest BCUT2D eigenvalue weighted by Gasteiger charge is -1.98. The minimum absolute atomic E-state index is 0.314. The van der Waals surface area contributed by atoms with Crippen LogP contribution in [0.4, 0.5) is 0 Å². The summed E-state index contributed by atoms with van der Waals surface area (Å²) in [5, 5.41) is 0. The van der Waals surface area contributed by atoms with Crippen LogP contribution < -0.4 is 0 Å². The fraction of sp³-hybridized carbons (Fsp3) is 0.375. The van der Waals surface area contributed by atoms with Gasteiger partial charge in [-0.05, 0) is 11.6 Å². The molecule has 1 aromatic heterocycles. The van der Waals surface area contributed by atoms with Gasteiger partial charge in [-0.2, -0.15) is 12.6 Å². The molecular weight excluding hydrogens is 174 g/mol. The Morgan fingerprint density at radius 2 is 2.42 bits per heavy atom. The van der Waals surface area contributed by atoms with Crippen molar-refractivity contribution in [2.75, 3.05) is 7.11 Å². The van der Waals surface area contributed by atoms with Gasteiger partial charge >= 0.3 is 5.97 Å². The Morgan fingerprint density at radius 1 is 1.75 bits per heavy atom. The second-order valence-electron chi connectivity index (χ2n) is 2.49. The van der Waals surface area contributed by atoms with E-state index >= 15 is 0 Å². The van der Waals surface area contributed by atoms with E-state index < -0.39 is 0 Å². The molecule has 1 aromatic rings. The van der Waals surface area contributed by atoms with Gasteiger partial charge in [0.1, 0.15) is 5.69 Å². The lowest BCUT2D eigenvalue weighted by molar-refractivity contribution is 0.0590. The average Bonchev–Trinajstić information content (AvgIpc) is 2.45. The van der Waals surface area contributed by atoms with Gasteiger partial charge in [-0.1, -0.05) is 0 Å². The van der Waals surface area contributed by atoms with Crippen molar-refractivity contribution in [2.45, 2.75) is 5.75 Å². The summed E-state index contributed by atoms with van der Waals surface area (Å²) in [6.45, 7) is 0. The number of thiol groups is 1. The number of aromatic nitrogens is 1. The topological polar surface area (TPSA) is 31.2 Å². The Kier molecular flexibility index (Phi) is 2.81. The van der Waals surface area contributed by atoms with Crippen molar-refractivity contribution in [1.29, 1.82) is 0 Å². The van der Waals surface area contributed by atoms with E-state index in [0.717, 1.165) is 5.56 Å². The molecule has 0 spiro atoms. The third kappa shape index (κ3) is 1.64. The second kappa shape index (κ2) is 3.67. The van der Waals surface area contributed by atoms with Gasteiger partial charge in [0.2, 0.25) is 0 Å². The van der Waals surface area contributed by atoms with E-state index in [2.05, 4.69) is 17.4 Å². The molecule has 1 heterocycles. The first-order valence-electron chi connectivity index (χ1n) is 3.53. The normalized spacial score (nSPS) is 9.92. The maximum absolute atomic E-state index is 11.1. The highest BCUT2D eigenvalue weighted by Gasteiger charge is 2.10. The zero-order chi connectivity index (χ0) is 9.14. The van der Waals surface area contributed by atoms with Gasteiger partial charge in [-0.3, -0.25) is 0 Å². The van der Waals surface area contributed by atoms with E-state index in [0.29, 0.717) is 11.4 Å². The molecule has 0 N–H and O–H groups in total. The fourth-order valence-corrected chi connectivity index (χ4v) is 1.20. The van der Waals surface area contributed by atoms with E-state index in [4.69, 9.17) is 0 Å². The van der Waals surface area contributed by atoms with Crippen molar-refractivity contribution in [3.8, 4) is 0 Å². The first-order chi connectivity index (χ1) is 5.69. The Morgan fingerprint density at radius 3 is 2.83 bits per heavy atom. The Bertz CT molecular complexity index is 293. The number of methoxy groups -OCH3 is 1. The summed E-state index contributed by atoms with van der Waals surface area (Å²) in [4.78, 5) is 11.1. The summed E-state index contributed by atoms with van der Waals surface area (Å²) in [6.07, 6.45) is 1.86. The molecule has 0 aliphatic heterocycles. The van der Waals surface area contributed by atoms with Crippen molar-refractivity contribution < 1.29 is 9.53 Å². The third-order valence-corrected chi connectivity index (χ3v) is 2.00. The van der Waals surface area contributed by atoms with Crippen LogP contribution in [0.15, 0.2) is 12.3 Å². The van der Waals surface area contributed by atoms with Crippen LogP contribution in [0.5, 0.6) is 0 Å². The van der Waals surface area contributed by atoms with E-state index in [1.165, 1.54) is 7.11 Å². The zero-order valence-electron chi connectivity index (χ0n) is 7.07. The summed E-state index contributed by atoms with van der Waals surface area (Å²) in [5.41, 5.74) is 1.57. The molecule has 0 saturated heterocycles. The highest BCUT2D eigenvalue weighted by Crippen LogP contribution is 2.10. The van der Waals surface area contributed by atoms with Crippen LogP contribution in [0, 0.1) is 0 Å². The molecule has 0 fully saturated rings. The SMILES string of the molecule is COC(=O)c1cc(CS)cn1C. The number of carbonyl (C=O) groups excluding carboxylic acids is 1. The number of nitrogens with zero attached hydrogens (tertiary/aromatic N) is 1. The van der Waals surface area contributed by atoms with Gasteiger partial charge in [-0.25, -0.2) is 4.79 Å². The number of ether oxygens (including phenoxy) is 1. The molecule has 0 unspecified atom stereocenters. The molecule has 0 aliphatic carbocycles. The van der Waals surface area contributed by atoms with Crippen LogP contribution in [0.1, 0.15) is 16.1 Å². The largest absolute Gasteiger partial charge is 0.464 e. The zero-order valence-corrected chi connectivity index (χ0v) is 7.97. The van der Waals surface area contributed by atoms with Crippen molar-refractivity contribution >= 4 is 18.6 Å². The van der Waals surface area contributed by atoms with Gasteiger partial charge in [-0.15, -0.1) is 0 Å². The minimum Gasteiger partial charge on any atom is -0.464 e. The number of hydrogen-bond acceptors (Lipinski definition) is 3. The van der Waals surface area contributed by atoms with Crippen molar-refractivity contribution in [1.82, 2.24) is 4.57 Å². The lowest BCUT2D eigenvalue weighted by atomic mass is 10.3. The van der Waals surface area contributed by atoms with Crippen LogP contribution in [-0.4, -0.2) is 17.6 Å². The van der Waals surface area contributed by atoms with Gasteiger partial charge in [0.25, 0.3) is 0 Å². The molecule has 0 aromatic carbocycles. The smallest absolute Gasteiger partial charge is 0.354 e. The molecule has 4 heteroatoms. The Balaban J connectivity index is 2.99. The first-order valence-corrected chi connectivity index (χ1v) is 4.16. The first kappa shape index (κ1) is 9.19. The predicted molar refractivity (Wildman–Crippen MR) is 49.4 cm³/mol. The maximum atomic E-state index is 11.1. The van der Waals surface area contributed by atoms with Crippen LogP contribution in [0.25, 0.3) is 0 Å². The van der Waals surface area contributed by atoms with Gasteiger partial charge in [0.05, 0.1) is 7.11 Å². The summed E-state index contributed by atoms with van der Waals surface area (Å²) < 4.78 is 6.32. The number of esters is 1. The molecule has 12 heavy (non-hydrogen) atoms. The van der Waals surface area contributed by atoms with E-state index in [-0.39, 0.29) is 5.97 Å². The quantitative estimate of drug-likeness (QED) is 0.555. The van der Waals surface area contributed by atoms with Gasteiger partial charge in [0.15, 0.2) is 0 Å². The maximum Gasteiger partial charge on any atom is 0.354 e. The average molecular weight is 185 g/mol.